The van der Waals surface area contributed by atoms with Crippen molar-refractivity contribution in [3.8, 4) is 5.75 Å². The molecule has 2 rings (SSSR count). The lowest BCUT2D eigenvalue weighted by Crippen LogP contribution is -2.23. The number of nitrogens with zero attached hydrogens (tertiary/aromatic N) is 2. The zero-order valence-corrected chi connectivity index (χ0v) is 13.3. The molecular formula is C15H11BrN3O4-. The minimum absolute atomic E-state index is 0.0568. The van der Waals surface area contributed by atoms with Gasteiger partial charge in [0.25, 0.3) is 0 Å². The number of aliphatic imine (C=N–C) groups is 1. The summed E-state index contributed by atoms with van der Waals surface area (Å²) in [6.45, 7) is -0.584. The molecule has 0 bridgehead atoms. The molecule has 0 saturated carbocycles. The van der Waals surface area contributed by atoms with Crippen LogP contribution in [-0.4, -0.2) is 34.4 Å². The van der Waals surface area contributed by atoms with Gasteiger partial charge in [-0.3, -0.25) is 10.4 Å². The van der Waals surface area contributed by atoms with Gasteiger partial charge < -0.3 is 14.9 Å². The van der Waals surface area contributed by atoms with Crippen LogP contribution in [0, 0.1) is 5.41 Å². The van der Waals surface area contributed by atoms with Crippen LogP contribution in [-0.2, 0) is 4.79 Å². The normalized spacial score (nSPS) is 11.1. The van der Waals surface area contributed by atoms with Crippen LogP contribution in [0.25, 0.3) is 0 Å². The van der Waals surface area contributed by atoms with E-state index in [-0.39, 0.29) is 22.8 Å². The lowest BCUT2D eigenvalue weighted by Gasteiger charge is -2.16. The fourth-order valence-electron chi connectivity index (χ4n) is 1.66. The number of benzene rings is 1. The van der Waals surface area contributed by atoms with Gasteiger partial charge in [0.2, 0.25) is 0 Å². The molecule has 0 aliphatic heterocycles. The molecule has 2 aromatic rings. The fourth-order valence-corrected chi connectivity index (χ4v) is 2.02. The summed E-state index contributed by atoms with van der Waals surface area (Å²) >= 11 is 3.22. The molecule has 0 spiro atoms. The Kier molecular flexibility index (Phi) is 5.42. The standard InChI is InChI=1S/C15H12BrN3O4/c16-9-4-5-12(23-8-13(20)21)10(7-9)15(22)19-14(17)11-3-1-2-6-18-11/h1-7H,8H2,(H,20,21)(H2,17,19,22)/p-1. The Balaban J connectivity index is 2.32. The maximum Gasteiger partial charge on any atom is 0.341 e. The van der Waals surface area contributed by atoms with E-state index in [1.54, 1.807) is 24.3 Å². The highest BCUT2D eigenvalue weighted by Crippen LogP contribution is 2.23. The third-order valence-corrected chi connectivity index (χ3v) is 3.14. The van der Waals surface area contributed by atoms with Crippen LogP contribution in [0.3, 0.4) is 0 Å². The summed E-state index contributed by atoms with van der Waals surface area (Å²) in [5, 5.41) is 28.7. The van der Waals surface area contributed by atoms with E-state index in [4.69, 9.17) is 15.3 Å². The second-order valence-electron chi connectivity index (χ2n) is 4.30. The number of aromatic nitrogens is 1. The zero-order chi connectivity index (χ0) is 16.8. The molecular weight excluding hydrogens is 366 g/mol. The molecule has 2 N–H and O–H groups in total. The fraction of sp³-hybridized carbons (Fsp3) is 0.0667. The zero-order valence-electron chi connectivity index (χ0n) is 11.7. The highest BCUT2D eigenvalue weighted by molar-refractivity contribution is 9.10. The number of ether oxygens (including phenoxy) is 1. The van der Waals surface area contributed by atoms with Gasteiger partial charge in [-0.05, 0) is 30.3 Å². The molecule has 8 heteroatoms. The molecule has 7 nitrogen and oxygen atoms in total. The van der Waals surface area contributed by atoms with Gasteiger partial charge in [-0.1, -0.05) is 22.0 Å². The lowest BCUT2D eigenvalue weighted by atomic mass is 10.2. The first-order chi connectivity index (χ1) is 11.0. The Bertz CT molecular complexity index is 763. The number of carbonyl (C=O) groups is 1. The van der Waals surface area contributed by atoms with Crippen LogP contribution in [0.4, 0.5) is 0 Å². The van der Waals surface area contributed by atoms with E-state index >= 15 is 0 Å². The summed E-state index contributed by atoms with van der Waals surface area (Å²) in [5.41, 5.74) is 0.310. The topological polar surface area (TPSA) is 119 Å². The molecule has 0 atom stereocenters. The Labute approximate surface area is 139 Å². The Hall–Kier alpha value is -2.74. The minimum atomic E-state index is -1.16. The monoisotopic (exact) mass is 376 g/mol. The third kappa shape index (κ3) is 4.62. The molecule has 23 heavy (non-hydrogen) atoms. The molecule has 0 unspecified atom stereocenters. The summed E-state index contributed by atoms with van der Waals surface area (Å²) in [6.07, 6.45) is 1.49. The van der Waals surface area contributed by atoms with Gasteiger partial charge in [-0.2, -0.15) is 0 Å². The van der Waals surface area contributed by atoms with Gasteiger partial charge in [-0.25, -0.2) is 9.79 Å². The van der Waals surface area contributed by atoms with E-state index in [9.17, 15) is 9.90 Å². The van der Waals surface area contributed by atoms with E-state index in [0.29, 0.717) is 4.47 Å². The Morgan fingerprint density at radius 3 is 2.83 bits per heavy atom. The molecule has 1 heterocycles. The molecule has 0 aliphatic rings. The molecule has 1 aromatic heterocycles. The van der Waals surface area contributed by atoms with Crippen molar-refractivity contribution in [2.45, 2.75) is 0 Å². The second kappa shape index (κ2) is 7.50. The number of carboxylic acid groups (broad SMARTS) is 1. The van der Waals surface area contributed by atoms with Gasteiger partial charge in [0.1, 0.15) is 11.4 Å². The number of rotatable bonds is 5. The summed E-state index contributed by atoms with van der Waals surface area (Å²) < 4.78 is 5.67. The van der Waals surface area contributed by atoms with Crippen molar-refractivity contribution in [3.63, 3.8) is 0 Å². The van der Waals surface area contributed by atoms with Gasteiger partial charge in [0, 0.05) is 22.1 Å². The molecule has 0 radical (unpaired) electrons. The van der Waals surface area contributed by atoms with E-state index in [2.05, 4.69) is 25.9 Å². The van der Waals surface area contributed by atoms with Gasteiger partial charge >= 0.3 is 5.97 Å². The number of pyridine rings is 1. The van der Waals surface area contributed by atoms with E-state index < -0.39 is 18.5 Å². The summed E-state index contributed by atoms with van der Waals surface area (Å²) in [5.74, 6) is -2.09. The number of carboxylic acids is 1. The van der Waals surface area contributed by atoms with E-state index in [1.165, 1.54) is 18.3 Å². The van der Waals surface area contributed by atoms with Crippen molar-refractivity contribution in [2.75, 3.05) is 6.61 Å². The van der Waals surface area contributed by atoms with Crippen LogP contribution in [0.5, 0.6) is 5.75 Å². The largest absolute Gasteiger partial charge is 0.858 e. The first-order valence-electron chi connectivity index (χ1n) is 6.37. The number of hydrogen-bond donors (Lipinski definition) is 2. The molecule has 0 amide bonds. The van der Waals surface area contributed by atoms with Crippen molar-refractivity contribution >= 4 is 33.6 Å². The first-order valence-corrected chi connectivity index (χ1v) is 7.17. The third-order valence-electron chi connectivity index (χ3n) is 2.64. The van der Waals surface area contributed by atoms with Crippen LogP contribution >= 0.6 is 15.9 Å². The molecule has 0 aliphatic carbocycles. The van der Waals surface area contributed by atoms with Gasteiger partial charge in [-0.15, -0.1) is 0 Å². The lowest BCUT2D eigenvalue weighted by molar-refractivity contribution is -0.212. The predicted molar refractivity (Wildman–Crippen MR) is 84.9 cm³/mol. The van der Waals surface area contributed by atoms with Gasteiger partial charge in [0.05, 0.1) is 0 Å². The van der Waals surface area contributed by atoms with E-state index in [1.807, 2.05) is 0 Å². The summed E-state index contributed by atoms with van der Waals surface area (Å²) in [6, 6.07) is 9.44. The number of hydrogen-bond acceptors (Lipinski definition) is 5. The maximum atomic E-state index is 12.3. The number of halogens is 1. The smallest absolute Gasteiger partial charge is 0.341 e. The minimum Gasteiger partial charge on any atom is -0.858 e. The van der Waals surface area contributed by atoms with Gasteiger partial charge in [0.15, 0.2) is 12.4 Å². The molecule has 1 aromatic carbocycles. The average molecular weight is 377 g/mol. The van der Waals surface area contributed by atoms with Crippen LogP contribution < -0.4 is 9.84 Å². The molecule has 0 saturated heterocycles. The Morgan fingerprint density at radius 1 is 1.39 bits per heavy atom. The van der Waals surface area contributed by atoms with Crippen molar-refractivity contribution < 1.29 is 19.7 Å². The highest BCUT2D eigenvalue weighted by atomic mass is 79.9. The average Bonchev–Trinajstić information content (AvgIpc) is 2.54. The highest BCUT2D eigenvalue weighted by Gasteiger charge is 2.08. The summed E-state index contributed by atoms with van der Waals surface area (Å²) in [7, 11) is 0. The van der Waals surface area contributed by atoms with Crippen molar-refractivity contribution in [1.29, 1.82) is 5.41 Å². The van der Waals surface area contributed by atoms with E-state index in [0.717, 1.165) is 0 Å². The van der Waals surface area contributed by atoms with Crippen molar-refractivity contribution in [2.24, 2.45) is 4.99 Å². The predicted octanol–water partition coefficient (Wildman–Crippen LogP) is 1.44. The number of nitrogens with one attached hydrogen (secondary N) is 1. The second-order valence-corrected chi connectivity index (χ2v) is 5.22. The van der Waals surface area contributed by atoms with Crippen LogP contribution in [0.15, 0.2) is 52.1 Å². The van der Waals surface area contributed by atoms with Crippen molar-refractivity contribution in [3.05, 3.63) is 58.3 Å². The van der Waals surface area contributed by atoms with Crippen LogP contribution in [0.1, 0.15) is 11.3 Å². The number of aliphatic carboxylic acids is 1. The van der Waals surface area contributed by atoms with Crippen molar-refractivity contribution in [1.82, 2.24) is 4.98 Å². The Morgan fingerprint density at radius 2 is 2.17 bits per heavy atom. The maximum absolute atomic E-state index is 12.3. The molecule has 118 valence electrons. The first kappa shape index (κ1) is 16.6. The SMILES string of the molecule is N=C(N=C([O-])c1cc(Br)ccc1OCC(=O)O)c1ccccn1. The van der Waals surface area contributed by atoms with Crippen LogP contribution in [0.2, 0.25) is 0 Å². The number of amidine groups is 1. The summed E-state index contributed by atoms with van der Waals surface area (Å²) in [4.78, 5) is 18.2. The quantitative estimate of drug-likeness (QED) is 0.604. The molecule has 0 fully saturated rings.